The molecule has 0 saturated carbocycles. The lowest BCUT2D eigenvalue weighted by Crippen LogP contribution is -2.23. The van der Waals surface area contributed by atoms with E-state index in [0.717, 1.165) is 25.9 Å². The van der Waals surface area contributed by atoms with Gasteiger partial charge in [-0.25, -0.2) is 9.82 Å². The van der Waals surface area contributed by atoms with Gasteiger partial charge in [0.2, 0.25) is 5.95 Å². The molecule has 0 aliphatic carbocycles. The summed E-state index contributed by atoms with van der Waals surface area (Å²) in [6.45, 7) is 1.65. The van der Waals surface area contributed by atoms with Crippen LogP contribution < -0.4 is 15.5 Å². The largest absolute Gasteiger partial charge is 0.368 e. The highest BCUT2D eigenvalue weighted by Gasteiger charge is 2.20. The number of halogens is 1. The van der Waals surface area contributed by atoms with Gasteiger partial charge < -0.3 is 10.6 Å². The van der Waals surface area contributed by atoms with Gasteiger partial charge in [-0.2, -0.15) is 18.5 Å². The van der Waals surface area contributed by atoms with E-state index in [9.17, 15) is 8.42 Å². The third-order valence-electron chi connectivity index (χ3n) is 3.72. The third-order valence-corrected chi connectivity index (χ3v) is 5.25. The Morgan fingerprint density at radius 1 is 1.20 bits per heavy atom. The first-order valence-corrected chi connectivity index (χ1v) is 9.51. The molecule has 0 amide bonds. The van der Waals surface area contributed by atoms with Gasteiger partial charge >= 0.3 is 0 Å². The molecule has 0 atom stereocenters. The van der Waals surface area contributed by atoms with Crippen LogP contribution in [0.1, 0.15) is 18.4 Å². The van der Waals surface area contributed by atoms with Gasteiger partial charge in [0, 0.05) is 13.1 Å². The highest BCUT2D eigenvalue weighted by atomic mass is 35.5. The van der Waals surface area contributed by atoms with Crippen molar-refractivity contribution in [1.29, 1.82) is 0 Å². The van der Waals surface area contributed by atoms with Crippen molar-refractivity contribution in [1.82, 2.24) is 14.8 Å². The fraction of sp³-hybridized carbons (Fsp3) is 0.267. The van der Waals surface area contributed by atoms with Crippen LogP contribution in [0.4, 0.5) is 11.8 Å². The number of rotatable bonds is 5. The van der Waals surface area contributed by atoms with Crippen LogP contribution in [0.15, 0.2) is 40.3 Å². The Balaban J connectivity index is 1.86. The molecule has 0 unspecified atom stereocenters. The van der Waals surface area contributed by atoms with Crippen molar-refractivity contribution < 1.29 is 8.42 Å². The molecule has 1 saturated heterocycles. The SMILES string of the molecule is Nc1nc(Cl)c(C=NNS(=O)(=O)c2ccccc2)c(N2CCCC2)n1. The summed E-state index contributed by atoms with van der Waals surface area (Å²) in [5.74, 6) is 0.617. The highest BCUT2D eigenvalue weighted by Crippen LogP contribution is 2.26. The van der Waals surface area contributed by atoms with E-state index in [2.05, 4.69) is 19.9 Å². The molecule has 8 nitrogen and oxygen atoms in total. The molecular formula is C15H17ClN6O2S. The Morgan fingerprint density at radius 2 is 1.88 bits per heavy atom. The number of aromatic nitrogens is 2. The van der Waals surface area contributed by atoms with Gasteiger partial charge in [-0.3, -0.25) is 0 Å². The first-order chi connectivity index (χ1) is 12.0. The molecule has 132 valence electrons. The number of sulfonamides is 1. The van der Waals surface area contributed by atoms with E-state index >= 15 is 0 Å². The van der Waals surface area contributed by atoms with Crippen LogP contribution >= 0.6 is 11.6 Å². The van der Waals surface area contributed by atoms with Crippen molar-refractivity contribution in [3.8, 4) is 0 Å². The summed E-state index contributed by atoms with van der Waals surface area (Å²) in [6, 6.07) is 7.96. The van der Waals surface area contributed by atoms with Gasteiger partial charge in [0.25, 0.3) is 10.0 Å². The second-order valence-corrected chi connectivity index (χ2v) is 7.49. The van der Waals surface area contributed by atoms with E-state index in [0.29, 0.717) is 11.4 Å². The Kier molecular flexibility index (Phi) is 5.05. The van der Waals surface area contributed by atoms with E-state index in [4.69, 9.17) is 17.3 Å². The molecule has 3 rings (SSSR count). The lowest BCUT2D eigenvalue weighted by atomic mass is 10.3. The lowest BCUT2D eigenvalue weighted by molar-refractivity contribution is 0.584. The van der Waals surface area contributed by atoms with Gasteiger partial charge in [0.05, 0.1) is 16.7 Å². The number of nitrogens with two attached hydrogens (primary N) is 1. The molecule has 10 heteroatoms. The number of hydrazone groups is 1. The first-order valence-electron chi connectivity index (χ1n) is 7.65. The summed E-state index contributed by atoms with van der Waals surface area (Å²) in [6.07, 6.45) is 3.38. The molecule has 25 heavy (non-hydrogen) atoms. The normalized spacial score (nSPS) is 15.0. The summed E-state index contributed by atoms with van der Waals surface area (Å²) in [7, 11) is -3.75. The van der Waals surface area contributed by atoms with E-state index in [1.807, 2.05) is 4.90 Å². The molecule has 3 N–H and O–H groups in total. The zero-order chi connectivity index (χ0) is 17.9. The zero-order valence-electron chi connectivity index (χ0n) is 13.3. The molecule has 1 aromatic heterocycles. The molecule has 2 heterocycles. The standard InChI is InChI=1S/C15H17ClN6O2S/c16-13-12(14(20-15(17)19-13)22-8-4-5-9-22)10-18-21-25(23,24)11-6-2-1-3-7-11/h1-3,6-7,10,21H,4-5,8-9H2,(H2,17,19,20). The van der Waals surface area contributed by atoms with Crippen molar-refractivity contribution in [3.63, 3.8) is 0 Å². The monoisotopic (exact) mass is 380 g/mol. The Labute approximate surface area is 150 Å². The van der Waals surface area contributed by atoms with Crippen molar-refractivity contribution >= 4 is 39.6 Å². The predicted molar refractivity (Wildman–Crippen MR) is 97.3 cm³/mol. The van der Waals surface area contributed by atoms with Gasteiger partial charge in [0.15, 0.2) is 0 Å². The van der Waals surface area contributed by atoms with Crippen molar-refractivity contribution in [2.45, 2.75) is 17.7 Å². The summed E-state index contributed by atoms with van der Waals surface area (Å²) in [5, 5.41) is 3.94. The number of nitrogen functional groups attached to an aromatic ring is 1. The van der Waals surface area contributed by atoms with Gasteiger partial charge in [-0.05, 0) is 25.0 Å². The second kappa shape index (κ2) is 7.24. The van der Waals surface area contributed by atoms with Crippen molar-refractivity contribution in [2.24, 2.45) is 5.10 Å². The van der Waals surface area contributed by atoms with E-state index in [1.165, 1.54) is 18.3 Å². The van der Waals surface area contributed by atoms with Gasteiger partial charge in [-0.1, -0.05) is 29.8 Å². The fourth-order valence-corrected chi connectivity index (χ4v) is 3.57. The van der Waals surface area contributed by atoms with E-state index < -0.39 is 10.0 Å². The van der Waals surface area contributed by atoms with E-state index in [-0.39, 0.29) is 16.0 Å². The predicted octanol–water partition coefficient (Wildman–Crippen LogP) is 1.62. The van der Waals surface area contributed by atoms with Gasteiger partial charge in [-0.15, -0.1) is 0 Å². The molecule has 0 spiro atoms. The number of anilines is 2. The molecule has 1 fully saturated rings. The minimum atomic E-state index is -3.75. The molecule has 2 aromatic rings. The van der Waals surface area contributed by atoms with E-state index in [1.54, 1.807) is 18.2 Å². The number of benzene rings is 1. The minimum Gasteiger partial charge on any atom is -0.368 e. The summed E-state index contributed by atoms with van der Waals surface area (Å²) >= 11 is 6.15. The molecule has 1 aliphatic heterocycles. The maximum Gasteiger partial charge on any atom is 0.276 e. The zero-order valence-corrected chi connectivity index (χ0v) is 14.8. The van der Waals surface area contributed by atoms with Crippen molar-refractivity contribution in [3.05, 3.63) is 41.0 Å². The number of nitrogens with one attached hydrogen (secondary N) is 1. The molecule has 0 radical (unpaired) electrons. The Bertz CT molecular complexity index is 882. The topological polar surface area (TPSA) is 114 Å². The summed E-state index contributed by atoms with van der Waals surface area (Å²) < 4.78 is 24.4. The number of nitrogens with zero attached hydrogens (tertiary/aromatic N) is 4. The summed E-state index contributed by atoms with van der Waals surface area (Å²) in [5.41, 5.74) is 6.11. The molecular weight excluding hydrogens is 364 g/mol. The highest BCUT2D eigenvalue weighted by molar-refractivity contribution is 7.89. The van der Waals surface area contributed by atoms with Gasteiger partial charge in [0.1, 0.15) is 11.0 Å². The smallest absolute Gasteiger partial charge is 0.276 e. The third kappa shape index (κ3) is 3.99. The summed E-state index contributed by atoms with van der Waals surface area (Å²) in [4.78, 5) is 12.4. The fourth-order valence-electron chi connectivity index (χ4n) is 2.54. The average molecular weight is 381 g/mol. The Morgan fingerprint density at radius 3 is 2.56 bits per heavy atom. The van der Waals surface area contributed by atoms with Crippen LogP contribution in [0.3, 0.4) is 0 Å². The second-order valence-electron chi connectivity index (χ2n) is 5.47. The minimum absolute atomic E-state index is 0.0638. The molecule has 1 aromatic carbocycles. The van der Waals surface area contributed by atoms with Crippen LogP contribution in [0.5, 0.6) is 0 Å². The first kappa shape index (κ1) is 17.4. The maximum absolute atomic E-state index is 12.2. The molecule has 0 bridgehead atoms. The van der Waals surface area contributed by atoms with Crippen LogP contribution in [0, 0.1) is 0 Å². The van der Waals surface area contributed by atoms with Crippen molar-refractivity contribution in [2.75, 3.05) is 23.7 Å². The number of hydrogen-bond acceptors (Lipinski definition) is 7. The van der Waals surface area contributed by atoms with Crippen LogP contribution in [0.2, 0.25) is 5.15 Å². The number of hydrogen-bond donors (Lipinski definition) is 2. The van der Waals surface area contributed by atoms with Crippen LogP contribution in [0.25, 0.3) is 0 Å². The average Bonchev–Trinajstić information content (AvgIpc) is 3.11. The molecule has 1 aliphatic rings. The van der Waals surface area contributed by atoms with Crippen LogP contribution in [-0.4, -0.2) is 37.7 Å². The lowest BCUT2D eigenvalue weighted by Gasteiger charge is -2.19. The maximum atomic E-state index is 12.2. The quantitative estimate of drug-likeness (QED) is 0.463. The van der Waals surface area contributed by atoms with Crippen LogP contribution in [-0.2, 0) is 10.0 Å². The Hall–Kier alpha value is -2.39.